The maximum absolute atomic E-state index is 5.98. The number of halogens is 1. The summed E-state index contributed by atoms with van der Waals surface area (Å²) in [6.07, 6.45) is 1.95. The second-order valence-electron chi connectivity index (χ2n) is 3.55. The first kappa shape index (κ1) is 10.7. The molecular weight excluding hydrogens is 258 g/mol. The van der Waals surface area contributed by atoms with Gasteiger partial charge in [-0.05, 0) is 34.4 Å². The number of benzene rings is 1. The molecule has 1 aliphatic rings. The van der Waals surface area contributed by atoms with Crippen molar-refractivity contribution >= 4 is 34.1 Å². The highest BCUT2D eigenvalue weighted by Crippen LogP contribution is 2.29. The third-order valence-electron chi connectivity index (χ3n) is 2.51. The van der Waals surface area contributed by atoms with Gasteiger partial charge >= 0.3 is 0 Å². The molecule has 86 valence electrons. The Hall–Kier alpha value is -1.40. The Bertz CT molecular complexity index is 606. The van der Waals surface area contributed by atoms with E-state index in [9.17, 15) is 0 Å². The van der Waals surface area contributed by atoms with Crippen molar-refractivity contribution in [2.75, 3.05) is 6.26 Å². The minimum Gasteiger partial charge on any atom is -0.238 e. The van der Waals surface area contributed by atoms with Crippen molar-refractivity contribution in [2.45, 2.75) is 6.54 Å². The Kier molecular flexibility index (Phi) is 2.60. The van der Waals surface area contributed by atoms with Gasteiger partial charge in [0.25, 0.3) is 0 Å². The third-order valence-corrected chi connectivity index (χ3v) is 3.40. The molecule has 0 saturated heterocycles. The SMILES string of the molecule is CSC1=Nc2cc(Cl)ccc2Cn2nnnc21. The van der Waals surface area contributed by atoms with Crippen LogP contribution >= 0.6 is 23.4 Å². The molecule has 0 fully saturated rings. The number of rotatable bonds is 0. The van der Waals surface area contributed by atoms with Crippen molar-refractivity contribution < 1.29 is 0 Å². The van der Waals surface area contributed by atoms with E-state index in [1.807, 2.05) is 24.5 Å². The predicted molar refractivity (Wildman–Crippen MR) is 68.1 cm³/mol. The molecule has 2 aromatic rings. The zero-order valence-electron chi connectivity index (χ0n) is 8.96. The molecule has 0 N–H and O–H groups in total. The molecule has 0 unspecified atom stereocenters. The highest BCUT2D eigenvalue weighted by Gasteiger charge is 2.18. The van der Waals surface area contributed by atoms with Gasteiger partial charge in [-0.25, -0.2) is 9.67 Å². The average molecular weight is 266 g/mol. The first-order valence-corrected chi connectivity index (χ1v) is 6.56. The monoisotopic (exact) mass is 265 g/mol. The van der Waals surface area contributed by atoms with Gasteiger partial charge in [0.2, 0.25) is 5.82 Å². The number of fused-ring (bicyclic) bond motifs is 2. The second-order valence-corrected chi connectivity index (χ2v) is 4.79. The zero-order chi connectivity index (χ0) is 11.8. The van der Waals surface area contributed by atoms with E-state index in [2.05, 4.69) is 20.5 Å². The van der Waals surface area contributed by atoms with Crippen LogP contribution in [-0.2, 0) is 6.54 Å². The Morgan fingerprint density at radius 1 is 1.41 bits per heavy atom. The van der Waals surface area contributed by atoms with E-state index in [1.165, 1.54) is 11.8 Å². The van der Waals surface area contributed by atoms with E-state index >= 15 is 0 Å². The van der Waals surface area contributed by atoms with E-state index in [4.69, 9.17) is 11.6 Å². The van der Waals surface area contributed by atoms with Crippen LogP contribution < -0.4 is 0 Å². The summed E-state index contributed by atoms with van der Waals surface area (Å²) in [6.45, 7) is 0.613. The quantitative estimate of drug-likeness (QED) is 0.732. The highest BCUT2D eigenvalue weighted by molar-refractivity contribution is 8.13. The lowest BCUT2D eigenvalue weighted by molar-refractivity contribution is 0.648. The number of aromatic nitrogens is 4. The number of tetrazole rings is 1. The lowest BCUT2D eigenvalue weighted by Crippen LogP contribution is -2.08. The summed E-state index contributed by atoms with van der Waals surface area (Å²) in [5, 5.41) is 13.1. The van der Waals surface area contributed by atoms with Crippen LogP contribution in [0.3, 0.4) is 0 Å². The molecule has 0 atom stereocenters. The molecular formula is C10H8ClN5S. The van der Waals surface area contributed by atoms with Crippen LogP contribution in [0.5, 0.6) is 0 Å². The van der Waals surface area contributed by atoms with Crippen molar-refractivity contribution in [1.29, 1.82) is 0 Å². The van der Waals surface area contributed by atoms with Crippen LogP contribution in [0.2, 0.25) is 5.02 Å². The van der Waals surface area contributed by atoms with Gasteiger partial charge in [0.15, 0.2) is 0 Å². The molecule has 5 nitrogen and oxygen atoms in total. The predicted octanol–water partition coefficient (Wildman–Crippen LogP) is 2.13. The second kappa shape index (κ2) is 4.12. The van der Waals surface area contributed by atoms with Crippen LogP contribution in [-0.4, -0.2) is 31.5 Å². The van der Waals surface area contributed by atoms with E-state index < -0.39 is 0 Å². The van der Waals surface area contributed by atoms with Crippen molar-refractivity contribution in [2.24, 2.45) is 4.99 Å². The van der Waals surface area contributed by atoms with E-state index in [1.54, 1.807) is 4.68 Å². The summed E-state index contributed by atoms with van der Waals surface area (Å²) in [4.78, 5) is 4.56. The lowest BCUT2D eigenvalue weighted by atomic mass is 10.2. The summed E-state index contributed by atoms with van der Waals surface area (Å²) in [7, 11) is 0. The van der Waals surface area contributed by atoms with Gasteiger partial charge < -0.3 is 0 Å². The molecule has 1 aromatic heterocycles. The number of aliphatic imine (C=N–C) groups is 1. The van der Waals surface area contributed by atoms with Crippen LogP contribution in [0.1, 0.15) is 11.4 Å². The maximum Gasteiger partial charge on any atom is 0.207 e. The lowest BCUT2D eigenvalue weighted by Gasteiger charge is -2.02. The van der Waals surface area contributed by atoms with Gasteiger partial charge in [-0.1, -0.05) is 17.7 Å². The van der Waals surface area contributed by atoms with Crippen molar-refractivity contribution in [3.63, 3.8) is 0 Å². The number of hydrogen-bond donors (Lipinski definition) is 0. The van der Waals surface area contributed by atoms with Crippen LogP contribution in [0.15, 0.2) is 23.2 Å². The molecule has 1 aliphatic heterocycles. The highest BCUT2D eigenvalue weighted by atomic mass is 35.5. The summed E-state index contributed by atoms with van der Waals surface area (Å²) >= 11 is 7.50. The van der Waals surface area contributed by atoms with E-state index in [0.29, 0.717) is 17.4 Å². The molecule has 0 bridgehead atoms. The Balaban J connectivity index is 2.22. The molecule has 2 heterocycles. The topological polar surface area (TPSA) is 56.0 Å². The average Bonchev–Trinajstić information content (AvgIpc) is 2.72. The normalized spacial score (nSPS) is 13.6. The van der Waals surface area contributed by atoms with Crippen LogP contribution in [0.4, 0.5) is 5.69 Å². The largest absolute Gasteiger partial charge is 0.238 e. The molecule has 7 heteroatoms. The fourth-order valence-electron chi connectivity index (χ4n) is 1.70. The number of hydrogen-bond acceptors (Lipinski definition) is 5. The van der Waals surface area contributed by atoms with Crippen molar-refractivity contribution in [3.8, 4) is 0 Å². The molecule has 0 amide bonds. The molecule has 3 rings (SSSR count). The molecule has 0 saturated carbocycles. The van der Waals surface area contributed by atoms with Crippen molar-refractivity contribution in [1.82, 2.24) is 20.2 Å². The molecule has 17 heavy (non-hydrogen) atoms. The van der Waals surface area contributed by atoms with Gasteiger partial charge in [0, 0.05) is 5.02 Å². The summed E-state index contributed by atoms with van der Waals surface area (Å²) in [5.41, 5.74) is 1.93. The van der Waals surface area contributed by atoms with Crippen molar-refractivity contribution in [3.05, 3.63) is 34.6 Å². The van der Waals surface area contributed by atoms with Gasteiger partial charge in [-0.3, -0.25) is 0 Å². The molecule has 0 radical (unpaired) electrons. The Labute approximate surface area is 107 Å². The molecule has 0 aliphatic carbocycles. The summed E-state index contributed by atoms with van der Waals surface area (Å²) in [6, 6.07) is 5.66. The summed E-state index contributed by atoms with van der Waals surface area (Å²) < 4.78 is 1.75. The van der Waals surface area contributed by atoms with Crippen LogP contribution in [0.25, 0.3) is 0 Å². The van der Waals surface area contributed by atoms with E-state index in [-0.39, 0.29) is 0 Å². The fourth-order valence-corrected chi connectivity index (χ4v) is 2.38. The van der Waals surface area contributed by atoms with Gasteiger partial charge in [0.1, 0.15) is 5.04 Å². The first-order chi connectivity index (χ1) is 8.28. The minimum atomic E-state index is 0.613. The fraction of sp³-hybridized carbons (Fsp3) is 0.200. The third kappa shape index (κ3) is 1.83. The Morgan fingerprint density at radius 3 is 3.12 bits per heavy atom. The minimum absolute atomic E-state index is 0.613. The smallest absolute Gasteiger partial charge is 0.207 e. The first-order valence-electron chi connectivity index (χ1n) is 4.95. The van der Waals surface area contributed by atoms with E-state index in [0.717, 1.165) is 16.3 Å². The van der Waals surface area contributed by atoms with Gasteiger partial charge in [0.05, 0.1) is 12.2 Å². The summed E-state index contributed by atoms with van der Waals surface area (Å²) in [5.74, 6) is 0.699. The Morgan fingerprint density at radius 2 is 2.29 bits per heavy atom. The number of nitrogens with zero attached hydrogens (tertiary/aromatic N) is 5. The van der Waals surface area contributed by atoms with Crippen LogP contribution in [0, 0.1) is 0 Å². The number of thioether (sulfide) groups is 1. The molecule has 1 aromatic carbocycles. The zero-order valence-corrected chi connectivity index (χ0v) is 10.5. The molecule has 0 spiro atoms. The van der Waals surface area contributed by atoms with Gasteiger partial charge in [-0.15, -0.1) is 16.9 Å². The maximum atomic E-state index is 5.98. The van der Waals surface area contributed by atoms with Gasteiger partial charge in [-0.2, -0.15) is 0 Å². The standard InChI is InChI=1S/C10H8ClN5S/c1-17-10-9-13-14-15-16(9)5-6-2-3-7(11)4-8(6)12-10/h2-4H,5H2,1H3.